The first-order valence-electron chi connectivity index (χ1n) is 8.15. The molecule has 0 bridgehead atoms. The summed E-state index contributed by atoms with van der Waals surface area (Å²) < 4.78 is 0. The van der Waals surface area contributed by atoms with Crippen LogP contribution < -0.4 is 5.32 Å². The monoisotopic (exact) mass is 296 g/mol. The lowest BCUT2D eigenvalue weighted by Crippen LogP contribution is -2.50. The number of nitrogens with one attached hydrogen (secondary N) is 1. The van der Waals surface area contributed by atoms with E-state index < -0.39 is 0 Å². The predicted molar refractivity (Wildman–Crippen MR) is 88.5 cm³/mol. The maximum absolute atomic E-state index is 11.7. The summed E-state index contributed by atoms with van der Waals surface area (Å²) in [5.74, 6) is 0.925. The van der Waals surface area contributed by atoms with Crippen LogP contribution in [0.4, 0.5) is 0 Å². The van der Waals surface area contributed by atoms with Crippen LogP contribution in [0.25, 0.3) is 0 Å². The van der Waals surface area contributed by atoms with Crippen LogP contribution in [-0.2, 0) is 4.79 Å². The van der Waals surface area contributed by atoms with Gasteiger partial charge < -0.3 is 15.1 Å². The topological polar surface area (TPSA) is 47.9 Å². The Morgan fingerprint density at radius 2 is 2.10 bits per heavy atom. The lowest BCUT2D eigenvalue weighted by atomic mass is 9.78. The van der Waals surface area contributed by atoms with E-state index in [2.05, 4.69) is 36.0 Å². The normalized spacial score (nSPS) is 23.1. The average Bonchev–Trinajstić information content (AvgIpc) is 2.42. The van der Waals surface area contributed by atoms with Gasteiger partial charge in [-0.15, -0.1) is 0 Å². The van der Waals surface area contributed by atoms with Crippen molar-refractivity contribution in [3.63, 3.8) is 0 Å². The number of carbonyl (C=O) groups excluding carboxylic acids is 1. The van der Waals surface area contributed by atoms with Gasteiger partial charge in [-0.05, 0) is 31.6 Å². The number of guanidine groups is 1. The van der Waals surface area contributed by atoms with E-state index in [1.54, 1.807) is 19.0 Å². The van der Waals surface area contributed by atoms with Crippen LogP contribution in [0.15, 0.2) is 4.99 Å². The number of piperidine rings is 1. The molecule has 1 atom stereocenters. The Morgan fingerprint density at radius 1 is 1.38 bits per heavy atom. The van der Waals surface area contributed by atoms with E-state index in [-0.39, 0.29) is 12.5 Å². The number of aliphatic imine (C=N–C) groups is 1. The lowest BCUT2D eigenvalue weighted by Gasteiger charge is -2.42. The van der Waals surface area contributed by atoms with Crippen molar-refractivity contribution in [3.05, 3.63) is 0 Å². The molecule has 1 saturated heterocycles. The number of carbonyl (C=O) groups is 1. The molecule has 1 fully saturated rings. The number of rotatable bonds is 5. The Kier molecular flexibility index (Phi) is 6.99. The van der Waals surface area contributed by atoms with Gasteiger partial charge in [-0.25, -0.2) is 4.99 Å². The molecule has 1 aliphatic heterocycles. The van der Waals surface area contributed by atoms with Crippen molar-refractivity contribution in [1.82, 2.24) is 15.1 Å². The van der Waals surface area contributed by atoms with Crippen LogP contribution in [0.1, 0.15) is 46.5 Å². The Labute approximate surface area is 129 Å². The molecule has 0 aliphatic carbocycles. The number of hydrogen-bond donors (Lipinski definition) is 1. The van der Waals surface area contributed by atoms with Gasteiger partial charge in [0, 0.05) is 33.7 Å². The van der Waals surface area contributed by atoms with E-state index >= 15 is 0 Å². The summed E-state index contributed by atoms with van der Waals surface area (Å²) in [5, 5.41) is 3.33. The van der Waals surface area contributed by atoms with Gasteiger partial charge in [0.1, 0.15) is 6.54 Å². The summed E-state index contributed by atoms with van der Waals surface area (Å²) in [5.41, 5.74) is 0.370. The Bertz CT molecular complexity index is 363. The molecule has 0 aromatic carbocycles. The van der Waals surface area contributed by atoms with Crippen LogP contribution in [0, 0.1) is 5.41 Å². The molecule has 0 saturated carbocycles. The molecule has 1 aliphatic rings. The number of likely N-dealkylation sites (N-methyl/N-ethyl adjacent to an activating group) is 1. The maximum atomic E-state index is 11.7. The van der Waals surface area contributed by atoms with Gasteiger partial charge in [-0.1, -0.05) is 20.3 Å². The van der Waals surface area contributed by atoms with E-state index in [4.69, 9.17) is 0 Å². The molecule has 1 rings (SSSR count). The number of amides is 1. The third-order valence-corrected chi connectivity index (χ3v) is 4.13. The van der Waals surface area contributed by atoms with Gasteiger partial charge >= 0.3 is 0 Å². The number of nitrogens with zero attached hydrogens (tertiary/aromatic N) is 3. The van der Waals surface area contributed by atoms with Crippen molar-refractivity contribution < 1.29 is 4.79 Å². The minimum atomic E-state index is 0.0405. The molecule has 5 heteroatoms. The zero-order valence-corrected chi connectivity index (χ0v) is 14.4. The zero-order valence-electron chi connectivity index (χ0n) is 14.4. The summed E-state index contributed by atoms with van der Waals surface area (Å²) in [6.07, 6.45) is 4.95. The van der Waals surface area contributed by atoms with Crippen molar-refractivity contribution >= 4 is 11.9 Å². The minimum Gasteiger partial charge on any atom is -0.357 e. The fourth-order valence-electron chi connectivity index (χ4n) is 3.01. The molecule has 21 heavy (non-hydrogen) atoms. The van der Waals surface area contributed by atoms with E-state index in [9.17, 15) is 4.79 Å². The second-order valence-electron chi connectivity index (χ2n) is 6.54. The van der Waals surface area contributed by atoms with Crippen molar-refractivity contribution in [3.8, 4) is 0 Å². The quantitative estimate of drug-likeness (QED) is 0.623. The van der Waals surface area contributed by atoms with Crippen molar-refractivity contribution in [2.24, 2.45) is 10.4 Å². The molecule has 0 spiro atoms. The van der Waals surface area contributed by atoms with Crippen molar-refractivity contribution in [2.45, 2.75) is 46.5 Å². The molecule has 1 unspecified atom stereocenters. The van der Waals surface area contributed by atoms with Gasteiger partial charge in [0.15, 0.2) is 5.96 Å². The highest BCUT2D eigenvalue weighted by Gasteiger charge is 2.31. The largest absolute Gasteiger partial charge is 0.357 e. The summed E-state index contributed by atoms with van der Waals surface area (Å²) in [6.45, 7) is 9.80. The highest BCUT2D eigenvalue weighted by molar-refractivity contribution is 5.84. The summed E-state index contributed by atoms with van der Waals surface area (Å²) in [4.78, 5) is 20.2. The van der Waals surface area contributed by atoms with Crippen LogP contribution in [0.3, 0.4) is 0 Å². The molecule has 0 aromatic rings. The van der Waals surface area contributed by atoms with Crippen molar-refractivity contribution in [2.75, 3.05) is 40.3 Å². The standard InChI is InChI=1S/C16H32N4O/c1-6-9-16(3)10-8-11-20(13-16)15(17-7-2)18-12-14(21)19(4)5/h6-13H2,1-5H3,(H,17,18). The van der Waals surface area contributed by atoms with Crippen LogP contribution in [-0.4, -0.2) is 61.9 Å². The predicted octanol–water partition coefficient (Wildman–Crippen LogP) is 1.94. The second kappa shape index (κ2) is 8.25. The summed E-state index contributed by atoms with van der Waals surface area (Å²) in [7, 11) is 3.54. The second-order valence-corrected chi connectivity index (χ2v) is 6.54. The molecule has 1 heterocycles. The molecule has 0 radical (unpaired) electrons. The highest BCUT2D eigenvalue weighted by atomic mass is 16.2. The van der Waals surface area contributed by atoms with E-state index in [0.29, 0.717) is 5.41 Å². The van der Waals surface area contributed by atoms with E-state index in [0.717, 1.165) is 25.6 Å². The third-order valence-electron chi connectivity index (χ3n) is 4.13. The first-order chi connectivity index (χ1) is 9.91. The number of hydrogen-bond acceptors (Lipinski definition) is 2. The van der Waals surface area contributed by atoms with Gasteiger partial charge in [-0.3, -0.25) is 4.79 Å². The zero-order chi connectivity index (χ0) is 15.9. The van der Waals surface area contributed by atoms with Crippen LogP contribution in [0.2, 0.25) is 0 Å². The van der Waals surface area contributed by atoms with Gasteiger partial charge in [0.2, 0.25) is 5.91 Å². The Hall–Kier alpha value is -1.26. The average molecular weight is 296 g/mol. The molecule has 1 N–H and O–H groups in total. The van der Waals surface area contributed by atoms with E-state index in [1.807, 2.05) is 0 Å². The van der Waals surface area contributed by atoms with Gasteiger partial charge in [0.25, 0.3) is 0 Å². The molecular formula is C16H32N4O. The fourth-order valence-corrected chi connectivity index (χ4v) is 3.01. The molecular weight excluding hydrogens is 264 g/mol. The number of likely N-dealkylation sites (tertiary alicyclic amines) is 1. The Balaban J connectivity index is 2.75. The summed E-state index contributed by atoms with van der Waals surface area (Å²) >= 11 is 0. The smallest absolute Gasteiger partial charge is 0.243 e. The SMILES string of the molecule is CCCC1(C)CCCN(C(=NCC(=O)N(C)C)NCC)C1. The maximum Gasteiger partial charge on any atom is 0.243 e. The van der Waals surface area contributed by atoms with Gasteiger partial charge in [-0.2, -0.15) is 0 Å². The molecule has 1 amide bonds. The van der Waals surface area contributed by atoms with Crippen LogP contribution >= 0.6 is 0 Å². The lowest BCUT2D eigenvalue weighted by molar-refractivity contribution is -0.127. The third kappa shape index (κ3) is 5.56. The molecule has 5 nitrogen and oxygen atoms in total. The van der Waals surface area contributed by atoms with Crippen LogP contribution in [0.5, 0.6) is 0 Å². The summed E-state index contributed by atoms with van der Waals surface area (Å²) in [6, 6.07) is 0. The highest BCUT2D eigenvalue weighted by Crippen LogP contribution is 2.33. The van der Waals surface area contributed by atoms with Crippen molar-refractivity contribution in [1.29, 1.82) is 0 Å². The van der Waals surface area contributed by atoms with E-state index in [1.165, 1.54) is 25.7 Å². The molecule has 0 aromatic heterocycles. The fraction of sp³-hybridized carbons (Fsp3) is 0.875. The Morgan fingerprint density at radius 3 is 2.67 bits per heavy atom. The minimum absolute atomic E-state index is 0.0405. The first-order valence-corrected chi connectivity index (χ1v) is 8.15. The van der Waals surface area contributed by atoms with Gasteiger partial charge in [0.05, 0.1) is 0 Å². The first kappa shape index (κ1) is 17.8. The molecule has 122 valence electrons.